The third-order valence-electron chi connectivity index (χ3n) is 6.57. The Bertz CT molecular complexity index is 843. The molecule has 4 nitrogen and oxygen atoms in total. The number of hydrogen-bond acceptors (Lipinski definition) is 3. The van der Waals surface area contributed by atoms with Crippen molar-refractivity contribution >= 4 is 14.3 Å². The van der Waals surface area contributed by atoms with E-state index in [0.29, 0.717) is 6.54 Å². The van der Waals surface area contributed by atoms with E-state index in [1.807, 2.05) is 48.5 Å². The number of hydrogen-bond donors (Lipinski definition) is 1. The van der Waals surface area contributed by atoms with E-state index in [1.54, 1.807) is 18.0 Å². The summed E-state index contributed by atoms with van der Waals surface area (Å²) in [7, 11) is -3.04. The lowest BCUT2D eigenvalue weighted by atomic mass is 9.95. The van der Waals surface area contributed by atoms with Crippen molar-refractivity contribution < 1.29 is 18.7 Å². The molecule has 1 fully saturated rings. The first kappa shape index (κ1) is 24.6. The van der Waals surface area contributed by atoms with Crippen LogP contribution < -0.4 is 0 Å². The number of rotatable bonds is 10. The maximum absolute atomic E-state index is 15.4. The number of aliphatic hydroxyl groups is 1. The Morgan fingerprint density at radius 1 is 1.03 bits per heavy atom. The van der Waals surface area contributed by atoms with Crippen molar-refractivity contribution in [2.45, 2.75) is 63.6 Å². The molecular weight excluding hydrogens is 421 g/mol. The van der Waals surface area contributed by atoms with Crippen LogP contribution in [-0.2, 0) is 22.5 Å². The molecule has 0 aliphatic carbocycles. The van der Waals surface area contributed by atoms with E-state index in [0.717, 1.165) is 18.4 Å². The van der Waals surface area contributed by atoms with Crippen LogP contribution in [0.2, 0.25) is 18.6 Å². The molecule has 3 rings (SSSR count). The highest BCUT2D eigenvalue weighted by molar-refractivity contribution is 6.72. The second kappa shape index (κ2) is 11.2. The van der Waals surface area contributed by atoms with Crippen LogP contribution in [-0.4, -0.2) is 49.7 Å². The van der Waals surface area contributed by atoms with Crippen molar-refractivity contribution in [2.75, 3.05) is 13.2 Å². The predicted octanol–water partition coefficient (Wildman–Crippen LogP) is 4.98. The maximum atomic E-state index is 15.4. The minimum Gasteiger partial charge on any atom is -0.395 e. The summed E-state index contributed by atoms with van der Waals surface area (Å²) < 4.78 is 21.7. The van der Waals surface area contributed by atoms with E-state index in [1.165, 1.54) is 5.56 Å². The summed E-state index contributed by atoms with van der Waals surface area (Å²) in [6.45, 7) is 6.12. The lowest BCUT2D eigenvalue weighted by molar-refractivity contribution is -0.135. The molecule has 1 aliphatic rings. The highest BCUT2D eigenvalue weighted by Gasteiger charge is 2.51. The number of aliphatic hydroxyl groups excluding tert-OH is 1. The zero-order chi connectivity index (χ0) is 23.1. The van der Waals surface area contributed by atoms with Gasteiger partial charge in [0.1, 0.15) is 0 Å². The van der Waals surface area contributed by atoms with Crippen molar-refractivity contribution in [3.05, 3.63) is 71.8 Å². The number of benzene rings is 2. The van der Waals surface area contributed by atoms with Gasteiger partial charge in [-0.3, -0.25) is 4.79 Å². The molecule has 1 N–H and O–H groups in total. The van der Waals surface area contributed by atoms with Crippen molar-refractivity contribution in [1.29, 1.82) is 0 Å². The third kappa shape index (κ3) is 6.50. The van der Waals surface area contributed by atoms with Crippen molar-refractivity contribution in [1.82, 2.24) is 4.90 Å². The van der Waals surface area contributed by atoms with Gasteiger partial charge in [-0.05, 0) is 43.0 Å². The molecule has 4 atom stereocenters. The molecule has 2 aromatic carbocycles. The summed E-state index contributed by atoms with van der Waals surface area (Å²) in [5.41, 5.74) is 2.03. The molecule has 1 heterocycles. The van der Waals surface area contributed by atoms with Crippen LogP contribution in [0.15, 0.2) is 60.7 Å². The first-order chi connectivity index (χ1) is 15.3. The van der Waals surface area contributed by atoms with Crippen molar-refractivity contribution in [3.8, 4) is 0 Å². The first-order valence-corrected chi connectivity index (χ1v) is 14.6. The van der Waals surface area contributed by atoms with Crippen LogP contribution in [0.25, 0.3) is 0 Å². The summed E-state index contributed by atoms with van der Waals surface area (Å²) in [5.74, 6) is -0.0179. The van der Waals surface area contributed by atoms with E-state index >= 15 is 4.11 Å². The Morgan fingerprint density at radius 2 is 1.62 bits per heavy atom. The van der Waals surface area contributed by atoms with Gasteiger partial charge in [-0.15, -0.1) is 0 Å². The predicted molar refractivity (Wildman–Crippen MR) is 128 cm³/mol. The summed E-state index contributed by atoms with van der Waals surface area (Å²) in [5, 5.41) is 9.49. The highest BCUT2D eigenvalue weighted by Crippen LogP contribution is 2.47. The van der Waals surface area contributed by atoms with Gasteiger partial charge in [-0.25, -0.2) is 0 Å². The second-order valence-corrected chi connectivity index (χ2v) is 13.2. The van der Waals surface area contributed by atoms with Gasteiger partial charge >= 0.3 is 0 Å². The molecule has 1 amide bonds. The van der Waals surface area contributed by atoms with Crippen molar-refractivity contribution in [2.24, 2.45) is 5.92 Å². The fourth-order valence-corrected chi connectivity index (χ4v) is 7.59. The Kier molecular flexibility index (Phi) is 8.62. The van der Waals surface area contributed by atoms with Gasteiger partial charge in [0.25, 0.3) is 0 Å². The standard InChI is InChI=1S/C26H36FNO3Si/c1-20-23(15-14-21-10-6-4-7-11-21)31-24(26(20)32(2,3)27)18-25(30)28(16-17-29)19-22-12-8-5-9-13-22/h4-13,20,23-24,26,29H,14-19H2,1-3H3/t20-,23+,24-,26+/m0/s1. The largest absolute Gasteiger partial charge is 0.395 e. The molecule has 1 saturated heterocycles. The number of nitrogens with zero attached hydrogens (tertiary/aromatic N) is 1. The number of amides is 1. The third-order valence-corrected chi connectivity index (χ3v) is 9.05. The topological polar surface area (TPSA) is 49.8 Å². The summed E-state index contributed by atoms with van der Waals surface area (Å²) in [6.07, 6.45) is 1.38. The van der Waals surface area contributed by atoms with Crippen molar-refractivity contribution in [3.63, 3.8) is 0 Å². The Morgan fingerprint density at radius 3 is 2.19 bits per heavy atom. The number of halogens is 1. The molecule has 2 aromatic rings. The van der Waals surface area contributed by atoms with Gasteiger partial charge in [0.15, 0.2) is 0 Å². The van der Waals surface area contributed by atoms with Crippen LogP contribution in [0.5, 0.6) is 0 Å². The zero-order valence-electron chi connectivity index (χ0n) is 19.4. The van der Waals surface area contributed by atoms with Crippen LogP contribution in [0.4, 0.5) is 4.11 Å². The first-order valence-electron chi connectivity index (χ1n) is 11.6. The monoisotopic (exact) mass is 457 g/mol. The minimum absolute atomic E-state index is 0.0547. The summed E-state index contributed by atoms with van der Waals surface area (Å²) >= 11 is 0. The van der Waals surface area contributed by atoms with Gasteiger partial charge < -0.3 is 18.9 Å². The summed E-state index contributed by atoms with van der Waals surface area (Å²) in [6, 6.07) is 20.0. The van der Waals surface area contributed by atoms with E-state index < -0.39 is 14.5 Å². The van der Waals surface area contributed by atoms with Gasteiger partial charge in [-0.2, -0.15) is 0 Å². The molecule has 32 heavy (non-hydrogen) atoms. The van der Waals surface area contributed by atoms with E-state index in [2.05, 4.69) is 19.1 Å². The molecule has 6 heteroatoms. The molecule has 1 aliphatic heterocycles. The smallest absolute Gasteiger partial charge is 0.246 e. The molecule has 0 bridgehead atoms. The minimum atomic E-state index is -3.04. The molecule has 0 aromatic heterocycles. The molecule has 0 radical (unpaired) electrons. The molecule has 0 spiro atoms. The number of aryl methyl sites for hydroxylation is 1. The average molecular weight is 458 g/mol. The fraction of sp³-hybridized carbons (Fsp3) is 0.500. The van der Waals surface area contributed by atoms with Crippen LogP contribution in [0.1, 0.15) is 30.9 Å². The maximum Gasteiger partial charge on any atom is 0.246 e. The Labute approximate surface area is 192 Å². The normalized spacial score (nSPS) is 23.3. The van der Waals surface area contributed by atoms with E-state index in [9.17, 15) is 9.90 Å². The quantitative estimate of drug-likeness (QED) is 0.404. The second-order valence-electron chi connectivity index (χ2n) is 9.42. The van der Waals surface area contributed by atoms with Crippen LogP contribution in [0.3, 0.4) is 0 Å². The Hall–Kier alpha value is -2.02. The average Bonchev–Trinajstić information content (AvgIpc) is 3.08. The fourth-order valence-electron chi connectivity index (χ4n) is 5.05. The van der Waals surface area contributed by atoms with E-state index in [-0.39, 0.29) is 43.0 Å². The molecule has 174 valence electrons. The highest BCUT2D eigenvalue weighted by atomic mass is 28.4. The molecular formula is C26H36FNO3Si. The lowest BCUT2D eigenvalue weighted by Crippen LogP contribution is -2.40. The number of ether oxygens (including phenoxy) is 1. The van der Waals surface area contributed by atoms with Gasteiger partial charge in [0, 0.05) is 18.6 Å². The van der Waals surface area contributed by atoms with Gasteiger partial charge in [0.2, 0.25) is 14.3 Å². The summed E-state index contributed by atoms with van der Waals surface area (Å²) in [4.78, 5) is 14.8. The number of carbonyl (C=O) groups is 1. The Balaban J connectivity index is 1.69. The number of carbonyl (C=O) groups excluding carboxylic acids is 1. The lowest BCUT2D eigenvalue weighted by Gasteiger charge is -2.30. The zero-order valence-corrected chi connectivity index (χ0v) is 20.4. The molecule has 0 saturated carbocycles. The van der Waals surface area contributed by atoms with Crippen LogP contribution in [0, 0.1) is 5.92 Å². The van der Waals surface area contributed by atoms with Gasteiger partial charge in [-0.1, -0.05) is 67.6 Å². The van der Waals surface area contributed by atoms with Crippen LogP contribution >= 0.6 is 0 Å². The molecule has 0 unspecified atom stereocenters. The van der Waals surface area contributed by atoms with Gasteiger partial charge in [0.05, 0.1) is 25.2 Å². The van der Waals surface area contributed by atoms with E-state index in [4.69, 9.17) is 4.74 Å². The SMILES string of the molecule is C[C@@H]1[C@@H]([Si](C)(C)F)[C@H](CC(=O)N(CCO)Cc2ccccc2)O[C@@H]1CCc1ccccc1.